The van der Waals surface area contributed by atoms with Crippen molar-refractivity contribution in [1.82, 2.24) is 0 Å². The highest BCUT2D eigenvalue weighted by atomic mass is 16.6. The molecule has 0 heterocycles. The van der Waals surface area contributed by atoms with Gasteiger partial charge in [-0.25, -0.2) is 0 Å². The fraction of sp³-hybridized carbons (Fsp3) is 0.919. The van der Waals surface area contributed by atoms with E-state index >= 15 is 0 Å². The summed E-state index contributed by atoms with van der Waals surface area (Å²) in [7, 11) is 0. The molecule has 0 fully saturated rings. The van der Waals surface area contributed by atoms with Crippen molar-refractivity contribution >= 4 is 17.9 Å². The van der Waals surface area contributed by atoms with Gasteiger partial charge in [0.1, 0.15) is 13.2 Å². The van der Waals surface area contributed by atoms with Crippen LogP contribution in [0.15, 0.2) is 12.2 Å². The minimum absolute atomic E-state index is 0.0654. The van der Waals surface area contributed by atoms with E-state index in [9.17, 15) is 14.4 Å². The molecule has 6 nitrogen and oxygen atoms in total. The SMILES string of the molecule is CCCCCCCC/C=C/CCCCCCCCCC(=O)O[C@H](COC(=O)CCCCCCCCCCCCCCCC)COC(=O)CCCCCCCCCCCCCCCCCCCCC. The minimum Gasteiger partial charge on any atom is -0.462 e. The molecule has 0 aliphatic heterocycles. The maximum atomic E-state index is 12.9. The summed E-state index contributed by atoms with van der Waals surface area (Å²) in [5.41, 5.74) is 0. The molecule has 0 saturated heterocycles. The molecule has 0 aromatic carbocycles. The summed E-state index contributed by atoms with van der Waals surface area (Å²) in [4.78, 5) is 38.2. The van der Waals surface area contributed by atoms with Crippen LogP contribution in [0.3, 0.4) is 0 Å². The Morgan fingerprint density at radius 2 is 0.485 bits per heavy atom. The number of carbonyl (C=O) groups excluding carboxylic acids is 3. The number of esters is 3. The highest BCUT2D eigenvalue weighted by Crippen LogP contribution is 2.18. The summed E-state index contributed by atoms with van der Waals surface area (Å²) < 4.78 is 16.9. The molecule has 1 atom stereocenters. The van der Waals surface area contributed by atoms with Crippen molar-refractivity contribution in [2.75, 3.05) is 13.2 Å². The van der Waals surface area contributed by atoms with Crippen LogP contribution in [0.1, 0.15) is 348 Å². The Kier molecular flexibility index (Phi) is 56.2. The number of unbranched alkanes of at least 4 members (excludes halogenated alkanes) is 44. The maximum Gasteiger partial charge on any atom is 0.306 e. The lowest BCUT2D eigenvalue weighted by molar-refractivity contribution is -0.167. The Morgan fingerprint density at radius 3 is 0.735 bits per heavy atom. The van der Waals surface area contributed by atoms with E-state index < -0.39 is 6.10 Å². The third kappa shape index (κ3) is 55.1. The molecule has 0 aromatic rings. The molecule has 0 radical (unpaired) electrons. The molecule has 0 aliphatic carbocycles. The molecule has 0 amide bonds. The van der Waals surface area contributed by atoms with Gasteiger partial charge in [0, 0.05) is 19.3 Å². The quantitative estimate of drug-likeness (QED) is 0.0262. The average molecular weight is 960 g/mol. The average Bonchev–Trinajstić information content (AvgIpc) is 3.34. The predicted octanol–water partition coefficient (Wildman–Crippen LogP) is 20.5. The highest BCUT2D eigenvalue weighted by molar-refractivity contribution is 5.71. The van der Waals surface area contributed by atoms with Crippen LogP contribution in [0.25, 0.3) is 0 Å². The number of rotatable bonds is 57. The molecular weight excluding hydrogens is 841 g/mol. The lowest BCUT2D eigenvalue weighted by Gasteiger charge is -2.18. The Balaban J connectivity index is 4.29. The van der Waals surface area contributed by atoms with Crippen LogP contribution >= 0.6 is 0 Å². The molecule has 0 saturated carbocycles. The second-order valence-electron chi connectivity index (χ2n) is 21.0. The van der Waals surface area contributed by atoms with Gasteiger partial charge in [0.05, 0.1) is 0 Å². The van der Waals surface area contributed by atoms with Gasteiger partial charge in [0.25, 0.3) is 0 Å². The predicted molar refractivity (Wildman–Crippen MR) is 293 cm³/mol. The van der Waals surface area contributed by atoms with Gasteiger partial charge in [0.2, 0.25) is 0 Å². The summed E-state index contributed by atoms with van der Waals surface area (Å²) in [6, 6.07) is 0. The van der Waals surface area contributed by atoms with Crippen molar-refractivity contribution in [1.29, 1.82) is 0 Å². The van der Waals surface area contributed by atoms with E-state index in [-0.39, 0.29) is 31.1 Å². The van der Waals surface area contributed by atoms with Gasteiger partial charge in [-0.1, -0.05) is 296 Å². The van der Waals surface area contributed by atoms with Crippen molar-refractivity contribution in [2.45, 2.75) is 354 Å². The first-order chi connectivity index (χ1) is 33.5. The zero-order valence-electron chi connectivity index (χ0n) is 46.2. The molecule has 0 aromatic heterocycles. The third-order valence-corrected chi connectivity index (χ3v) is 14.0. The van der Waals surface area contributed by atoms with Crippen molar-refractivity contribution < 1.29 is 28.6 Å². The normalized spacial score (nSPS) is 12.0. The smallest absolute Gasteiger partial charge is 0.306 e. The first-order valence-electron chi connectivity index (χ1n) is 30.7. The summed E-state index contributed by atoms with van der Waals surface area (Å²) in [6.45, 7) is 6.70. The van der Waals surface area contributed by atoms with Crippen LogP contribution in [-0.4, -0.2) is 37.2 Å². The Morgan fingerprint density at radius 1 is 0.279 bits per heavy atom. The topological polar surface area (TPSA) is 78.9 Å². The number of hydrogen-bond donors (Lipinski definition) is 0. The number of carbonyl (C=O) groups is 3. The number of hydrogen-bond acceptors (Lipinski definition) is 6. The lowest BCUT2D eigenvalue weighted by Crippen LogP contribution is -2.30. The maximum absolute atomic E-state index is 12.9. The minimum atomic E-state index is -0.767. The van der Waals surface area contributed by atoms with E-state index in [2.05, 4.69) is 32.9 Å². The first-order valence-corrected chi connectivity index (χ1v) is 30.7. The highest BCUT2D eigenvalue weighted by Gasteiger charge is 2.19. The molecule has 0 unspecified atom stereocenters. The molecule has 402 valence electrons. The van der Waals surface area contributed by atoms with Crippen molar-refractivity contribution in [3.63, 3.8) is 0 Å². The van der Waals surface area contributed by atoms with Crippen LogP contribution in [0.5, 0.6) is 0 Å². The molecule has 6 heteroatoms. The van der Waals surface area contributed by atoms with Gasteiger partial charge in [-0.2, -0.15) is 0 Å². The van der Waals surface area contributed by atoms with E-state index in [1.54, 1.807) is 0 Å². The van der Waals surface area contributed by atoms with Crippen LogP contribution in [0.2, 0.25) is 0 Å². The monoisotopic (exact) mass is 959 g/mol. The van der Waals surface area contributed by atoms with Crippen LogP contribution < -0.4 is 0 Å². The Hall–Kier alpha value is -1.85. The summed E-state index contributed by atoms with van der Waals surface area (Å²) in [6.07, 6.45) is 66.3. The van der Waals surface area contributed by atoms with Crippen molar-refractivity contribution in [2.24, 2.45) is 0 Å². The fourth-order valence-corrected chi connectivity index (χ4v) is 9.38. The zero-order chi connectivity index (χ0) is 49.3. The summed E-state index contributed by atoms with van der Waals surface area (Å²) in [5, 5.41) is 0. The van der Waals surface area contributed by atoms with Gasteiger partial charge in [-0.15, -0.1) is 0 Å². The molecule has 0 N–H and O–H groups in total. The number of ether oxygens (including phenoxy) is 3. The van der Waals surface area contributed by atoms with Gasteiger partial charge in [-0.3, -0.25) is 14.4 Å². The summed E-state index contributed by atoms with van der Waals surface area (Å²) in [5.74, 6) is -0.842. The lowest BCUT2D eigenvalue weighted by atomic mass is 10.0. The van der Waals surface area contributed by atoms with E-state index in [0.29, 0.717) is 19.3 Å². The second kappa shape index (κ2) is 57.7. The third-order valence-electron chi connectivity index (χ3n) is 14.0. The van der Waals surface area contributed by atoms with Gasteiger partial charge >= 0.3 is 17.9 Å². The standard InChI is InChI=1S/C62H118O6/c1-4-7-10-13-16-19-22-25-28-30-31-33-34-37-40-43-46-49-52-55-61(64)67-58-59(57-66-60(63)54-51-48-45-42-39-36-27-24-21-18-15-12-9-6-3)68-62(65)56-53-50-47-44-41-38-35-32-29-26-23-20-17-14-11-8-5-2/h26,29,59H,4-25,27-28,30-58H2,1-3H3/b29-26+/t59-/m1/s1. The molecule has 0 bridgehead atoms. The van der Waals surface area contributed by atoms with Crippen LogP contribution in [0, 0.1) is 0 Å². The van der Waals surface area contributed by atoms with Crippen molar-refractivity contribution in [3.8, 4) is 0 Å². The second-order valence-corrected chi connectivity index (χ2v) is 21.0. The molecule has 0 spiro atoms. The first kappa shape index (κ1) is 66.2. The molecule has 0 aliphatic rings. The fourth-order valence-electron chi connectivity index (χ4n) is 9.38. The van der Waals surface area contributed by atoms with Crippen LogP contribution in [0.4, 0.5) is 0 Å². The zero-order valence-corrected chi connectivity index (χ0v) is 46.2. The molecular formula is C62H118O6. The van der Waals surface area contributed by atoms with E-state index in [4.69, 9.17) is 14.2 Å². The largest absolute Gasteiger partial charge is 0.462 e. The van der Waals surface area contributed by atoms with E-state index in [1.807, 2.05) is 0 Å². The Bertz CT molecular complexity index is 1060. The molecule has 68 heavy (non-hydrogen) atoms. The van der Waals surface area contributed by atoms with Gasteiger partial charge < -0.3 is 14.2 Å². The van der Waals surface area contributed by atoms with Crippen molar-refractivity contribution in [3.05, 3.63) is 12.2 Å². The molecule has 0 rings (SSSR count). The summed E-state index contributed by atoms with van der Waals surface area (Å²) >= 11 is 0. The van der Waals surface area contributed by atoms with Gasteiger partial charge in [-0.05, 0) is 44.9 Å². The Labute approximate surface area is 424 Å². The van der Waals surface area contributed by atoms with E-state index in [1.165, 1.54) is 250 Å². The van der Waals surface area contributed by atoms with Gasteiger partial charge in [0.15, 0.2) is 6.10 Å². The van der Waals surface area contributed by atoms with Crippen LogP contribution in [-0.2, 0) is 28.6 Å². The van der Waals surface area contributed by atoms with E-state index in [0.717, 1.165) is 57.8 Å². The number of allylic oxidation sites excluding steroid dienone is 2.